The van der Waals surface area contributed by atoms with Crippen LogP contribution in [-0.4, -0.2) is 18.1 Å². The van der Waals surface area contributed by atoms with Gasteiger partial charge in [0.25, 0.3) is 5.91 Å². The number of amides is 1. The average Bonchev–Trinajstić information content (AvgIpc) is 2.49. The Kier molecular flexibility index (Phi) is 3.75. The Hall–Kier alpha value is -2.49. The molecule has 1 amide bonds. The van der Waals surface area contributed by atoms with Gasteiger partial charge in [-0.25, -0.2) is 0 Å². The molecule has 3 rings (SSSR count). The fraction of sp³-hybridized carbons (Fsp3) is 0.278. The summed E-state index contributed by atoms with van der Waals surface area (Å²) >= 11 is 0. The van der Waals surface area contributed by atoms with Crippen molar-refractivity contribution in [3.8, 4) is 5.75 Å². The van der Waals surface area contributed by atoms with Crippen LogP contribution in [-0.2, 0) is 11.2 Å². The number of benzene rings is 2. The van der Waals surface area contributed by atoms with Crippen LogP contribution in [0.25, 0.3) is 0 Å². The van der Waals surface area contributed by atoms with E-state index in [9.17, 15) is 4.79 Å². The molecule has 1 aliphatic rings. The van der Waals surface area contributed by atoms with E-state index in [1.54, 1.807) is 17.0 Å². The Morgan fingerprint density at radius 3 is 2.59 bits per heavy atom. The monoisotopic (exact) mass is 296 g/mol. The topological polar surface area (TPSA) is 55.6 Å². The maximum absolute atomic E-state index is 12.8. The molecule has 1 atom stereocenters. The molecule has 22 heavy (non-hydrogen) atoms. The molecule has 0 fully saturated rings. The SMILES string of the molecule is CC(C)N1C(=O)C(Cc2ccccc2)Oc2ccc(N)cc21. The third-order valence-electron chi connectivity index (χ3n) is 3.80. The summed E-state index contributed by atoms with van der Waals surface area (Å²) in [7, 11) is 0. The summed E-state index contributed by atoms with van der Waals surface area (Å²) in [4.78, 5) is 14.6. The maximum atomic E-state index is 12.8. The van der Waals surface area contributed by atoms with E-state index in [1.165, 1.54) is 0 Å². The summed E-state index contributed by atoms with van der Waals surface area (Å²) in [6.07, 6.45) is 0.0631. The summed E-state index contributed by atoms with van der Waals surface area (Å²) in [5.41, 5.74) is 8.32. The van der Waals surface area contributed by atoms with Gasteiger partial charge < -0.3 is 15.4 Å². The number of carbonyl (C=O) groups excluding carboxylic acids is 1. The number of ether oxygens (including phenoxy) is 1. The number of nitrogen functional groups attached to an aromatic ring is 1. The minimum absolute atomic E-state index is 0.0167. The first-order valence-corrected chi connectivity index (χ1v) is 7.49. The largest absolute Gasteiger partial charge is 0.478 e. The lowest BCUT2D eigenvalue weighted by Crippen LogP contribution is -2.50. The first-order valence-electron chi connectivity index (χ1n) is 7.49. The van der Waals surface area contributed by atoms with Crippen molar-refractivity contribution in [2.24, 2.45) is 0 Å². The molecule has 0 aromatic heterocycles. The van der Waals surface area contributed by atoms with E-state index < -0.39 is 6.10 Å². The fourth-order valence-electron chi connectivity index (χ4n) is 2.79. The molecule has 0 spiro atoms. The van der Waals surface area contributed by atoms with Crippen molar-refractivity contribution in [1.29, 1.82) is 0 Å². The molecule has 114 valence electrons. The Balaban J connectivity index is 1.95. The lowest BCUT2D eigenvalue weighted by atomic mass is 10.0. The Morgan fingerprint density at radius 1 is 1.18 bits per heavy atom. The van der Waals surface area contributed by atoms with E-state index in [0.29, 0.717) is 17.9 Å². The number of nitrogens with two attached hydrogens (primary N) is 1. The van der Waals surface area contributed by atoms with Gasteiger partial charge in [0, 0.05) is 18.2 Å². The highest BCUT2D eigenvalue weighted by atomic mass is 16.5. The molecule has 2 aromatic carbocycles. The summed E-state index contributed by atoms with van der Waals surface area (Å²) in [5, 5.41) is 0. The molecule has 2 aromatic rings. The highest BCUT2D eigenvalue weighted by Crippen LogP contribution is 2.37. The quantitative estimate of drug-likeness (QED) is 0.886. The lowest BCUT2D eigenvalue weighted by molar-refractivity contribution is -0.126. The van der Waals surface area contributed by atoms with Crippen LogP contribution in [0.5, 0.6) is 5.75 Å². The zero-order valence-electron chi connectivity index (χ0n) is 12.8. The van der Waals surface area contributed by atoms with Crippen molar-refractivity contribution in [1.82, 2.24) is 0 Å². The van der Waals surface area contributed by atoms with Crippen LogP contribution >= 0.6 is 0 Å². The van der Waals surface area contributed by atoms with Crippen LogP contribution in [0.3, 0.4) is 0 Å². The van der Waals surface area contributed by atoms with Crippen LogP contribution < -0.4 is 15.4 Å². The third kappa shape index (κ3) is 2.64. The highest BCUT2D eigenvalue weighted by molar-refractivity contribution is 6.01. The van der Waals surface area contributed by atoms with Crippen LogP contribution in [0.2, 0.25) is 0 Å². The zero-order chi connectivity index (χ0) is 15.7. The molecule has 4 nitrogen and oxygen atoms in total. The number of rotatable bonds is 3. The minimum Gasteiger partial charge on any atom is -0.478 e. The van der Waals surface area contributed by atoms with E-state index in [4.69, 9.17) is 10.5 Å². The van der Waals surface area contributed by atoms with Gasteiger partial charge in [-0.3, -0.25) is 4.79 Å². The summed E-state index contributed by atoms with van der Waals surface area (Å²) in [6, 6.07) is 15.4. The van der Waals surface area contributed by atoms with Crippen LogP contribution in [0.1, 0.15) is 19.4 Å². The molecular weight excluding hydrogens is 276 g/mol. The number of fused-ring (bicyclic) bond motifs is 1. The molecule has 4 heteroatoms. The van der Waals surface area contributed by atoms with Gasteiger partial charge in [0.1, 0.15) is 5.75 Å². The van der Waals surface area contributed by atoms with E-state index in [2.05, 4.69) is 0 Å². The van der Waals surface area contributed by atoms with Crippen molar-refractivity contribution in [2.45, 2.75) is 32.4 Å². The van der Waals surface area contributed by atoms with Crippen molar-refractivity contribution < 1.29 is 9.53 Å². The number of hydrogen-bond donors (Lipinski definition) is 1. The van der Waals surface area contributed by atoms with E-state index in [0.717, 1.165) is 11.3 Å². The third-order valence-corrected chi connectivity index (χ3v) is 3.80. The highest BCUT2D eigenvalue weighted by Gasteiger charge is 2.35. The molecule has 1 heterocycles. The van der Waals surface area contributed by atoms with E-state index >= 15 is 0 Å². The lowest BCUT2D eigenvalue weighted by Gasteiger charge is -2.37. The second-order valence-electron chi connectivity index (χ2n) is 5.83. The number of hydrogen-bond acceptors (Lipinski definition) is 3. The molecule has 0 aliphatic carbocycles. The molecule has 1 unspecified atom stereocenters. The molecular formula is C18H20N2O2. The van der Waals surface area contributed by atoms with Crippen molar-refractivity contribution in [3.63, 3.8) is 0 Å². The first-order chi connectivity index (χ1) is 10.6. The second-order valence-corrected chi connectivity index (χ2v) is 5.83. The number of nitrogens with zero attached hydrogens (tertiary/aromatic N) is 1. The molecule has 1 aliphatic heterocycles. The zero-order valence-corrected chi connectivity index (χ0v) is 12.8. The normalized spacial score (nSPS) is 17.3. The first kappa shape index (κ1) is 14.4. The van der Waals surface area contributed by atoms with Gasteiger partial charge in [-0.05, 0) is 37.6 Å². The Labute approximate surface area is 130 Å². The van der Waals surface area contributed by atoms with E-state index in [-0.39, 0.29) is 11.9 Å². The van der Waals surface area contributed by atoms with Gasteiger partial charge in [-0.15, -0.1) is 0 Å². The Morgan fingerprint density at radius 2 is 1.91 bits per heavy atom. The van der Waals surface area contributed by atoms with Crippen molar-refractivity contribution in [3.05, 3.63) is 54.1 Å². The molecule has 0 bridgehead atoms. The average molecular weight is 296 g/mol. The van der Waals surface area contributed by atoms with Gasteiger partial charge in [0.15, 0.2) is 6.10 Å². The van der Waals surface area contributed by atoms with Gasteiger partial charge in [0.2, 0.25) is 0 Å². The van der Waals surface area contributed by atoms with Crippen LogP contribution in [0.4, 0.5) is 11.4 Å². The molecule has 0 saturated carbocycles. The predicted octanol–water partition coefficient (Wildman–Crippen LogP) is 3.01. The predicted molar refractivity (Wildman–Crippen MR) is 88.0 cm³/mol. The standard InChI is InChI=1S/C18H20N2O2/c1-12(2)20-15-11-14(19)8-9-16(15)22-17(18(20)21)10-13-6-4-3-5-7-13/h3-9,11-12,17H,10,19H2,1-2H3. The summed E-state index contributed by atoms with van der Waals surface area (Å²) in [5.74, 6) is 0.695. The fourth-order valence-corrected chi connectivity index (χ4v) is 2.79. The van der Waals surface area contributed by atoms with Crippen molar-refractivity contribution in [2.75, 3.05) is 10.6 Å². The number of anilines is 2. The second kappa shape index (κ2) is 5.72. The maximum Gasteiger partial charge on any atom is 0.268 e. The van der Waals surface area contributed by atoms with Crippen LogP contribution in [0, 0.1) is 0 Å². The molecule has 2 N–H and O–H groups in total. The van der Waals surface area contributed by atoms with Crippen molar-refractivity contribution >= 4 is 17.3 Å². The molecule has 0 radical (unpaired) electrons. The Bertz CT molecular complexity index is 683. The van der Waals surface area contributed by atoms with Gasteiger partial charge in [0.05, 0.1) is 5.69 Å². The van der Waals surface area contributed by atoms with E-state index in [1.807, 2.05) is 50.2 Å². The van der Waals surface area contributed by atoms with Gasteiger partial charge in [-0.1, -0.05) is 30.3 Å². The minimum atomic E-state index is -0.499. The van der Waals surface area contributed by atoms with Crippen LogP contribution in [0.15, 0.2) is 48.5 Å². The van der Waals surface area contributed by atoms with Gasteiger partial charge >= 0.3 is 0 Å². The smallest absolute Gasteiger partial charge is 0.268 e. The number of carbonyl (C=O) groups is 1. The molecule has 0 saturated heterocycles. The van der Waals surface area contributed by atoms with Gasteiger partial charge in [-0.2, -0.15) is 0 Å². The summed E-state index contributed by atoms with van der Waals surface area (Å²) < 4.78 is 5.94. The summed E-state index contributed by atoms with van der Waals surface area (Å²) in [6.45, 7) is 3.99.